The Kier molecular flexibility index (Phi) is 11.3. The summed E-state index contributed by atoms with van der Waals surface area (Å²) in [5.74, 6) is -0.770. The Bertz CT molecular complexity index is 1420. The normalized spacial score (nSPS) is 12.2. The summed E-state index contributed by atoms with van der Waals surface area (Å²) in [6, 6.07) is 18.1. The average Bonchev–Trinajstić information content (AvgIpc) is 2.92. The molecule has 214 valence electrons. The van der Waals surface area contributed by atoms with Crippen LogP contribution < -0.4 is 9.62 Å². The molecule has 40 heavy (non-hydrogen) atoms. The molecule has 11 heteroatoms. The van der Waals surface area contributed by atoms with E-state index in [0.717, 1.165) is 4.31 Å². The quantitative estimate of drug-likeness (QED) is 0.252. The highest BCUT2D eigenvalue weighted by molar-refractivity contribution is 7.92. The Morgan fingerprint density at radius 1 is 0.900 bits per heavy atom. The van der Waals surface area contributed by atoms with Gasteiger partial charge in [0.25, 0.3) is 10.0 Å². The van der Waals surface area contributed by atoms with Crippen molar-refractivity contribution in [2.45, 2.75) is 44.7 Å². The summed E-state index contributed by atoms with van der Waals surface area (Å²) in [6.45, 7) is 5.44. The van der Waals surface area contributed by atoms with Crippen LogP contribution >= 0.6 is 34.8 Å². The van der Waals surface area contributed by atoms with Gasteiger partial charge in [-0.25, -0.2) is 8.42 Å². The van der Waals surface area contributed by atoms with E-state index in [2.05, 4.69) is 5.32 Å². The van der Waals surface area contributed by atoms with Crippen LogP contribution in [0.4, 0.5) is 5.69 Å². The number of carbonyl (C=O) groups excluding carboxylic acids is 2. The average molecular weight is 625 g/mol. The first kappa shape index (κ1) is 31.7. The molecule has 2 amide bonds. The lowest BCUT2D eigenvalue weighted by Crippen LogP contribution is -2.52. The molecule has 0 aliphatic rings. The molecule has 0 aliphatic carbocycles. The van der Waals surface area contributed by atoms with Crippen molar-refractivity contribution < 1.29 is 18.0 Å². The molecule has 7 nitrogen and oxygen atoms in total. The van der Waals surface area contributed by atoms with E-state index in [0.29, 0.717) is 27.2 Å². The number of hydrogen-bond acceptors (Lipinski definition) is 4. The number of rotatable bonds is 12. The molecule has 3 aromatic carbocycles. The zero-order valence-electron chi connectivity index (χ0n) is 22.5. The van der Waals surface area contributed by atoms with E-state index in [-0.39, 0.29) is 35.4 Å². The minimum absolute atomic E-state index is 0.00481. The van der Waals surface area contributed by atoms with Crippen molar-refractivity contribution in [2.24, 2.45) is 5.92 Å². The van der Waals surface area contributed by atoms with Crippen molar-refractivity contribution >= 4 is 62.3 Å². The molecule has 0 heterocycles. The van der Waals surface area contributed by atoms with Gasteiger partial charge in [0.05, 0.1) is 10.6 Å². The lowest BCUT2D eigenvalue weighted by Gasteiger charge is -2.33. The van der Waals surface area contributed by atoms with Crippen LogP contribution in [0.1, 0.15) is 32.8 Å². The van der Waals surface area contributed by atoms with Gasteiger partial charge in [-0.3, -0.25) is 13.9 Å². The molecular formula is C29H32Cl3N3O4S. The molecule has 0 aliphatic heterocycles. The van der Waals surface area contributed by atoms with E-state index in [1.165, 1.54) is 23.1 Å². The standard InChI is InChI=1S/C29H32Cl3N3O4S/c1-4-27(29(37)33-17-20(2)3)34(18-24-25(31)14-9-15-26(24)32)28(36)19-35(22-11-8-10-21(30)16-22)40(38,39)23-12-6-5-7-13-23/h5-16,20,27H,4,17-19H2,1-3H3,(H,33,37)/t27-/m0/s1. The fraction of sp³-hybridized carbons (Fsp3) is 0.310. The maximum atomic E-state index is 14.1. The topological polar surface area (TPSA) is 86.8 Å². The highest BCUT2D eigenvalue weighted by Gasteiger charge is 2.34. The van der Waals surface area contributed by atoms with Crippen LogP contribution in [-0.2, 0) is 26.2 Å². The monoisotopic (exact) mass is 623 g/mol. The Morgan fingerprint density at radius 3 is 2.10 bits per heavy atom. The van der Waals surface area contributed by atoms with Gasteiger partial charge in [-0.2, -0.15) is 0 Å². The van der Waals surface area contributed by atoms with Crippen LogP contribution in [0.3, 0.4) is 0 Å². The zero-order valence-corrected chi connectivity index (χ0v) is 25.6. The largest absolute Gasteiger partial charge is 0.354 e. The minimum atomic E-state index is -4.19. The first-order valence-corrected chi connectivity index (χ1v) is 15.4. The number of nitrogens with one attached hydrogen (secondary N) is 1. The number of amides is 2. The highest BCUT2D eigenvalue weighted by Crippen LogP contribution is 2.29. The second kappa shape index (κ2) is 14.2. The summed E-state index contributed by atoms with van der Waals surface area (Å²) in [5, 5.41) is 3.84. The molecule has 1 N–H and O–H groups in total. The van der Waals surface area contributed by atoms with Crippen LogP contribution in [-0.4, -0.2) is 44.3 Å². The fourth-order valence-electron chi connectivity index (χ4n) is 4.08. The second-order valence-electron chi connectivity index (χ2n) is 9.59. The maximum Gasteiger partial charge on any atom is 0.264 e. The third-order valence-electron chi connectivity index (χ3n) is 6.17. The molecule has 1 atom stereocenters. The molecule has 0 fully saturated rings. The summed E-state index contributed by atoms with van der Waals surface area (Å²) in [7, 11) is -4.19. The fourth-order valence-corrected chi connectivity index (χ4v) is 6.20. The van der Waals surface area contributed by atoms with E-state index in [1.807, 2.05) is 13.8 Å². The van der Waals surface area contributed by atoms with Gasteiger partial charge in [0.15, 0.2) is 0 Å². The van der Waals surface area contributed by atoms with Crippen molar-refractivity contribution in [1.82, 2.24) is 10.2 Å². The van der Waals surface area contributed by atoms with Crippen molar-refractivity contribution in [1.29, 1.82) is 0 Å². The van der Waals surface area contributed by atoms with Gasteiger partial charge in [0.2, 0.25) is 11.8 Å². The number of hydrogen-bond donors (Lipinski definition) is 1. The SMILES string of the molecule is CC[C@@H](C(=O)NCC(C)C)N(Cc1c(Cl)cccc1Cl)C(=O)CN(c1cccc(Cl)c1)S(=O)(=O)c1ccccc1. The van der Waals surface area contributed by atoms with E-state index in [9.17, 15) is 18.0 Å². The Balaban J connectivity index is 2.08. The van der Waals surface area contributed by atoms with Gasteiger partial charge < -0.3 is 10.2 Å². The molecule has 0 saturated heterocycles. The summed E-state index contributed by atoms with van der Waals surface area (Å²) >= 11 is 19.1. The molecule has 0 spiro atoms. The molecule has 3 aromatic rings. The number of anilines is 1. The Labute approximate surface area is 251 Å². The third kappa shape index (κ3) is 7.91. The van der Waals surface area contributed by atoms with Gasteiger partial charge in [-0.05, 0) is 54.8 Å². The van der Waals surface area contributed by atoms with E-state index in [1.54, 1.807) is 61.5 Å². The summed E-state index contributed by atoms with van der Waals surface area (Å²) in [4.78, 5) is 28.7. The molecule has 0 saturated carbocycles. The Morgan fingerprint density at radius 2 is 1.52 bits per heavy atom. The lowest BCUT2D eigenvalue weighted by atomic mass is 10.1. The van der Waals surface area contributed by atoms with Crippen LogP contribution in [0, 0.1) is 5.92 Å². The summed E-state index contributed by atoms with van der Waals surface area (Å²) in [6.07, 6.45) is 0.278. The van der Waals surface area contributed by atoms with Crippen molar-refractivity contribution in [3.63, 3.8) is 0 Å². The van der Waals surface area contributed by atoms with E-state index >= 15 is 0 Å². The Hall–Kier alpha value is -2.78. The van der Waals surface area contributed by atoms with E-state index < -0.39 is 28.5 Å². The van der Waals surface area contributed by atoms with Crippen LogP contribution in [0.5, 0.6) is 0 Å². The smallest absolute Gasteiger partial charge is 0.264 e. The zero-order chi connectivity index (χ0) is 29.4. The first-order valence-electron chi connectivity index (χ1n) is 12.8. The van der Waals surface area contributed by atoms with Crippen LogP contribution in [0.15, 0.2) is 77.7 Å². The number of nitrogens with zero attached hydrogens (tertiary/aromatic N) is 2. The second-order valence-corrected chi connectivity index (χ2v) is 12.7. The summed E-state index contributed by atoms with van der Waals surface area (Å²) < 4.78 is 28.6. The number of sulfonamides is 1. The van der Waals surface area contributed by atoms with Crippen LogP contribution in [0.25, 0.3) is 0 Å². The molecule has 0 radical (unpaired) electrons. The molecule has 3 rings (SSSR count). The van der Waals surface area contributed by atoms with Gasteiger partial charge in [0, 0.05) is 33.7 Å². The highest BCUT2D eigenvalue weighted by atomic mass is 35.5. The van der Waals surface area contributed by atoms with Gasteiger partial charge in [-0.15, -0.1) is 0 Å². The third-order valence-corrected chi connectivity index (χ3v) is 8.90. The lowest BCUT2D eigenvalue weighted by molar-refractivity contribution is -0.140. The number of benzene rings is 3. The van der Waals surface area contributed by atoms with E-state index in [4.69, 9.17) is 34.8 Å². The predicted molar refractivity (Wildman–Crippen MR) is 161 cm³/mol. The number of halogens is 3. The van der Waals surface area contributed by atoms with Gasteiger partial charge >= 0.3 is 0 Å². The van der Waals surface area contributed by atoms with Crippen LogP contribution in [0.2, 0.25) is 15.1 Å². The summed E-state index contributed by atoms with van der Waals surface area (Å²) in [5.41, 5.74) is 0.659. The molecule has 0 unspecified atom stereocenters. The minimum Gasteiger partial charge on any atom is -0.354 e. The van der Waals surface area contributed by atoms with Crippen molar-refractivity contribution in [3.05, 3.63) is 93.4 Å². The maximum absolute atomic E-state index is 14.1. The molecule has 0 bridgehead atoms. The van der Waals surface area contributed by atoms with Gasteiger partial charge in [-0.1, -0.05) is 85.9 Å². The first-order chi connectivity index (χ1) is 18.9. The van der Waals surface area contributed by atoms with Gasteiger partial charge in [0.1, 0.15) is 12.6 Å². The predicted octanol–water partition coefficient (Wildman–Crippen LogP) is 6.42. The molecular weight excluding hydrogens is 593 g/mol. The number of carbonyl (C=O) groups is 2. The van der Waals surface area contributed by atoms with Crippen molar-refractivity contribution in [3.8, 4) is 0 Å². The molecule has 0 aromatic heterocycles. The van der Waals surface area contributed by atoms with Crippen molar-refractivity contribution in [2.75, 3.05) is 17.4 Å².